The van der Waals surface area contributed by atoms with Gasteiger partial charge in [-0.1, -0.05) is 30.5 Å². The summed E-state index contributed by atoms with van der Waals surface area (Å²) in [4.78, 5) is 7.38. The Labute approximate surface area is 201 Å². The zero-order valence-corrected chi connectivity index (χ0v) is 20.1. The summed E-state index contributed by atoms with van der Waals surface area (Å²) in [6.45, 7) is 0.540. The van der Waals surface area contributed by atoms with Crippen LogP contribution in [0, 0.1) is 11.8 Å². The van der Waals surface area contributed by atoms with E-state index in [1.54, 1.807) is 35.0 Å². The van der Waals surface area contributed by atoms with Crippen LogP contribution >= 0.6 is 23.1 Å². The molecule has 2 heterocycles. The molecule has 2 aromatic heterocycles. The number of tetrazole rings is 1. The van der Waals surface area contributed by atoms with E-state index in [1.165, 1.54) is 25.0 Å². The minimum atomic E-state index is 0.540. The highest BCUT2D eigenvalue weighted by Crippen LogP contribution is 2.36. The summed E-state index contributed by atoms with van der Waals surface area (Å²) < 4.78 is 5.22. The summed E-state index contributed by atoms with van der Waals surface area (Å²) in [6.07, 6.45) is 5.86. The van der Waals surface area contributed by atoms with E-state index in [1.807, 2.05) is 48.7 Å². The largest absolute Gasteiger partial charge is 0.497 e. The number of rotatable bonds is 6. The third kappa shape index (κ3) is 4.80. The number of hydrogen-bond acceptors (Lipinski definition) is 7. The van der Waals surface area contributed by atoms with Gasteiger partial charge in [-0.25, -0.2) is 4.98 Å². The Hall–Kier alpha value is -3.15. The van der Waals surface area contributed by atoms with Gasteiger partial charge in [0.05, 0.1) is 19.3 Å². The number of methoxy groups -OCH3 is 1. The molecule has 1 fully saturated rings. The number of aromatic nitrogens is 5. The van der Waals surface area contributed by atoms with Crippen LogP contribution < -0.4 is 4.74 Å². The monoisotopic (exact) mass is 473 g/mol. The molecule has 5 rings (SSSR count). The van der Waals surface area contributed by atoms with E-state index in [9.17, 15) is 0 Å². The van der Waals surface area contributed by atoms with Gasteiger partial charge in [0.1, 0.15) is 5.75 Å². The first kappa shape index (κ1) is 21.7. The number of hydrogen-bond donors (Lipinski definition) is 0. The molecule has 0 atom stereocenters. The van der Waals surface area contributed by atoms with Gasteiger partial charge in [0, 0.05) is 27.3 Å². The lowest BCUT2D eigenvalue weighted by atomic mass is 9.83. The summed E-state index contributed by atoms with van der Waals surface area (Å²) in [5.74, 6) is 8.63. The molecule has 0 aliphatic heterocycles. The molecular weight excluding hydrogens is 450 g/mol. The van der Waals surface area contributed by atoms with Crippen molar-refractivity contribution in [1.29, 1.82) is 0 Å². The molecule has 2 aromatic carbocycles. The van der Waals surface area contributed by atoms with Gasteiger partial charge in [0.25, 0.3) is 0 Å². The van der Waals surface area contributed by atoms with Gasteiger partial charge in [0.15, 0.2) is 5.01 Å². The molecule has 6 nitrogen and oxygen atoms in total. The summed E-state index contributed by atoms with van der Waals surface area (Å²) in [7, 11) is 1.66. The van der Waals surface area contributed by atoms with Crippen molar-refractivity contribution >= 4 is 23.1 Å². The maximum Gasteiger partial charge on any atom is 0.206 e. The van der Waals surface area contributed by atoms with E-state index in [4.69, 9.17) is 9.72 Å². The second-order valence-electron chi connectivity index (χ2n) is 7.83. The maximum absolute atomic E-state index is 5.22. The third-order valence-electron chi connectivity index (χ3n) is 5.75. The van der Waals surface area contributed by atoms with Gasteiger partial charge >= 0.3 is 0 Å². The fraction of sp³-hybridized carbons (Fsp3) is 0.280. The summed E-state index contributed by atoms with van der Waals surface area (Å²) in [6, 6.07) is 13.9. The highest BCUT2D eigenvalue weighted by Gasteiger charge is 2.21. The molecule has 0 unspecified atom stereocenters. The SMILES string of the molecule is COc1ccc(Cn2nnc(-c3cccc(C#Cc4nc(C5CCC5)cs4)c3SC)n2)cc1. The van der Waals surface area contributed by atoms with E-state index < -0.39 is 0 Å². The first-order valence-electron chi connectivity index (χ1n) is 10.8. The van der Waals surface area contributed by atoms with Gasteiger partial charge in [-0.05, 0) is 60.1 Å². The number of benzene rings is 2. The van der Waals surface area contributed by atoms with Crippen LogP contribution in [0.5, 0.6) is 5.75 Å². The lowest BCUT2D eigenvalue weighted by Gasteiger charge is -2.22. The van der Waals surface area contributed by atoms with Gasteiger partial charge in [-0.3, -0.25) is 0 Å². The predicted molar refractivity (Wildman–Crippen MR) is 132 cm³/mol. The Bertz CT molecular complexity index is 1310. The number of thioether (sulfide) groups is 1. The molecule has 0 bridgehead atoms. The Morgan fingerprint density at radius 1 is 1.15 bits per heavy atom. The molecule has 0 radical (unpaired) electrons. The highest BCUT2D eigenvalue weighted by molar-refractivity contribution is 7.98. The molecule has 0 amide bonds. The average molecular weight is 474 g/mol. The van der Waals surface area contributed by atoms with Crippen molar-refractivity contribution in [3.63, 3.8) is 0 Å². The van der Waals surface area contributed by atoms with Crippen LogP contribution in [0.15, 0.2) is 52.7 Å². The van der Waals surface area contributed by atoms with Crippen molar-refractivity contribution in [2.75, 3.05) is 13.4 Å². The summed E-state index contributed by atoms with van der Waals surface area (Å²) >= 11 is 3.27. The lowest BCUT2D eigenvalue weighted by molar-refractivity contribution is 0.412. The van der Waals surface area contributed by atoms with Crippen LogP contribution in [0.25, 0.3) is 11.4 Å². The van der Waals surface area contributed by atoms with Crippen LogP contribution in [0.3, 0.4) is 0 Å². The lowest BCUT2D eigenvalue weighted by Crippen LogP contribution is -2.08. The third-order valence-corrected chi connectivity index (χ3v) is 7.37. The van der Waals surface area contributed by atoms with Crippen molar-refractivity contribution in [3.8, 4) is 29.0 Å². The quantitative estimate of drug-likeness (QED) is 0.282. The summed E-state index contributed by atoms with van der Waals surface area (Å²) in [5, 5.41) is 16.2. The number of thiazole rings is 1. The predicted octanol–water partition coefficient (Wildman–Crippen LogP) is 5.24. The first-order valence-corrected chi connectivity index (χ1v) is 12.9. The van der Waals surface area contributed by atoms with Crippen molar-refractivity contribution in [3.05, 3.63) is 69.7 Å². The molecule has 8 heteroatoms. The molecule has 4 aromatic rings. The topological polar surface area (TPSA) is 65.7 Å². The molecule has 0 N–H and O–H groups in total. The van der Waals surface area contributed by atoms with Crippen molar-refractivity contribution < 1.29 is 4.74 Å². The second kappa shape index (κ2) is 9.77. The minimum absolute atomic E-state index is 0.540. The van der Waals surface area contributed by atoms with E-state index in [0.29, 0.717) is 18.3 Å². The second-order valence-corrected chi connectivity index (χ2v) is 9.51. The molecule has 0 spiro atoms. The Kier molecular flexibility index (Phi) is 6.42. The fourth-order valence-corrected chi connectivity index (χ4v) is 5.16. The number of nitrogens with zero attached hydrogens (tertiary/aromatic N) is 5. The molecule has 1 aliphatic carbocycles. The normalized spacial score (nSPS) is 13.3. The zero-order chi connectivity index (χ0) is 22.6. The van der Waals surface area contributed by atoms with Gasteiger partial charge < -0.3 is 4.74 Å². The average Bonchev–Trinajstić information content (AvgIpc) is 3.46. The molecular formula is C25H23N5OS2. The summed E-state index contributed by atoms with van der Waals surface area (Å²) in [5.41, 5.74) is 4.16. The highest BCUT2D eigenvalue weighted by atomic mass is 32.2. The smallest absolute Gasteiger partial charge is 0.206 e. The zero-order valence-electron chi connectivity index (χ0n) is 18.5. The molecule has 33 heavy (non-hydrogen) atoms. The van der Waals surface area contributed by atoms with Gasteiger partial charge in [-0.2, -0.15) is 4.80 Å². The Balaban J connectivity index is 1.37. The minimum Gasteiger partial charge on any atom is -0.497 e. The van der Waals surface area contributed by atoms with Crippen LogP contribution in [0.2, 0.25) is 0 Å². The maximum atomic E-state index is 5.22. The van der Waals surface area contributed by atoms with E-state index in [2.05, 4.69) is 32.6 Å². The van der Waals surface area contributed by atoms with Crippen LogP contribution in [-0.4, -0.2) is 38.6 Å². The fourth-order valence-electron chi connectivity index (χ4n) is 3.70. The first-order chi connectivity index (χ1) is 16.2. The van der Waals surface area contributed by atoms with Crippen LogP contribution in [0.4, 0.5) is 0 Å². The van der Waals surface area contributed by atoms with Crippen molar-refractivity contribution in [2.45, 2.75) is 36.6 Å². The molecule has 1 saturated carbocycles. The van der Waals surface area contributed by atoms with Crippen LogP contribution in [0.1, 0.15) is 47.0 Å². The number of ether oxygens (including phenoxy) is 1. The van der Waals surface area contributed by atoms with E-state index in [-0.39, 0.29) is 0 Å². The van der Waals surface area contributed by atoms with Gasteiger partial charge in [-0.15, -0.1) is 33.3 Å². The van der Waals surface area contributed by atoms with Gasteiger partial charge in [0.2, 0.25) is 5.82 Å². The van der Waals surface area contributed by atoms with E-state index >= 15 is 0 Å². The Morgan fingerprint density at radius 3 is 2.73 bits per heavy atom. The standard InChI is InChI=1S/C25H23N5OS2/c1-31-20-12-9-17(10-13-20)15-30-28-25(27-29-30)21-8-4-7-19(24(21)32-2)11-14-23-26-22(16-33-23)18-5-3-6-18/h4,7-10,12-13,16,18H,3,5-6,15H2,1-2H3. The molecule has 1 aliphatic rings. The van der Waals surface area contributed by atoms with Crippen LogP contribution in [-0.2, 0) is 6.54 Å². The Morgan fingerprint density at radius 2 is 2.00 bits per heavy atom. The van der Waals surface area contributed by atoms with E-state index in [0.717, 1.165) is 32.3 Å². The molecule has 166 valence electrons. The van der Waals surface area contributed by atoms with Crippen molar-refractivity contribution in [2.24, 2.45) is 0 Å². The molecule has 0 saturated heterocycles. The van der Waals surface area contributed by atoms with Crippen molar-refractivity contribution in [1.82, 2.24) is 25.2 Å².